The first-order valence-corrected chi connectivity index (χ1v) is 7.14. The van der Waals surface area contributed by atoms with Crippen LogP contribution < -0.4 is 0 Å². The summed E-state index contributed by atoms with van der Waals surface area (Å²) < 4.78 is 5.24. The van der Waals surface area contributed by atoms with Crippen molar-refractivity contribution in [3.63, 3.8) is 0 Å². The van der Waals surface area contributed by atoms with E-state index in [4.69, 9.17) is 9.84 Å². The lowest BCUT2D eigenvalue weighted by molar-refractivity contribution is -0.150. The molecule has 0 bridgehead atoms. The molecule has 0 rings (SSSR count). The van der Waals surface area contributed by atoms with Crippen LogP contribution >= 0.6 is 0 Å². The Balaban J connectivity index is 3.44. The van der Waals surface area contributed by atoms with Crippen molar-refractivity contribution in [1.82, 2.24) is 0 Å². The maximum Gasteiger partial charge on any atom is 0.332 e. The molecule has 0 amide bonds. The van der Waals surface area contributed by atoms with Gasteiger partial charge in [-0.2, -0.15) is 0 Å². The van der Waals surface area contributed by atoms with Crippen molar-refractivity contribution in [2.45, 2.75) is 77.4 Å². The van der Waals surface area contributed by atoms with Gasteiger partial charge in [0.2, 0.25) is 0 Å². The van der Waals surface area contributed by atoms with Crippen molar-refractivity contribution in [1.29, 1.82) is 0 Å². The van der Waals surface area contributed by atoms with Crippen molar-refractivity contribution in [3.05, 3.63) is 0 Å². The number of aliphatic hydroxyl groups is 1. The van der Waals surface area contributed by atoms with Crippen molar-refractivity contribution in [3.8, 4) is 0 Å². The summed E-state index contributed by atoms with van der Waals surface area (Å²) in [5.41, 5.74) is 0. The Bertz CT molecular complexity index is 206. The summed E-state index contributed by atoms with van der Waals surface area (Å²) >= 11 is 0. The van der Waals surface area contributed by atoms with Gasteiger partial charge in [-0.1, -0.05) is 39.5 Å². The number of rotatable bonds is 12. The summed E-state index contributed by atoms with van der Waals surface area (Å²) in [5.74, 6) is -0.905. The molecular weight excluding hydrogens is 232 g/mol. The highest BCUT2D eigenvalue weighted by molar-refractivity contribution is 5.72. The van der Waals surface area contributed by atoms with E-state index in [-0.39, 0.29) is 6.10 Å². The van der Waals surface area contributed by atoms with Gasteiger partial charge in [-0.25, -0.2) is 4.79 Å². The standard InChI is InChI=1S/C14H28O4/c1-3-5-6-7-9-12(15)10-8-11-18-13(4-2)14(16)17/h12-13,15H,3-11H2,1-2H3,(H,16,17). The zero-order valence-electron chi connectivity index (χ0n) is 11.7. The fourth-order valence-corrected chi connectivity index (χ4v) is 1.86. The molecule has 4 heteroatoms. The lowest BCUT2D eigenvalue weighted by atomic mass is 10.1. The number of aliphatic hydroxyl groups excluding tert-OH is 1. The monoisotopic (exact) mass is 260 g/mol. The number of carboxylic acids is 1. The molecule has 2 N–H and O–H groups in total. The van der Waals surface area contributed by atoms with Crippen molar-refractivity contribution >= 4 is 5.97 Å². The summed E-state index contributed by atoms with van der Waals surface area (Å²) in [6.07, 6.45) is 6.46. The summed E-state index contributed by atoms with van der Waals surface area (Å²) in [6, 6.07) is 0. The van der Waals surface area contributed by atoms with Gasteiger partial charge in [0.05, 0.1) is 6.10 Å². The zero-order valence-corrected chi connectivity index (χ0v) is 11.7. The molecule has 0 aliphatic carbocycles. The van der Waals surface area contributed by atoms with Crippen LogP contribution in [0, 0.1) is 0 Å². The molecule has 0 saturated carbocycles. The Kier molecular flexibility index (Phi) is 11.1. The SMILES string of the molecule is CCCCCCC(O)CCCOC(CC)C(=O)O. The second-order valence-electron chi connectivity index (χ2n) is 4.75. The third-order valence-corrected chi connectivity index (χ3v) is 3.04. The topological polar surface area (TPSA) is 66.8 Å². The summed E-state index contributed by atoms with van der Waals surface area (Å²) in [4.78, 5) is 10.7. The number of hydrogen-bond acceptors (Lipinski definition) is 3. The summed E-state index contributed by atoms with van der Waals surface area (Å²) in [5, 5.41) is 18.5. The molecule has 18 heavy (non-hydrogen) atoms. The molecule has 0 aromatic carbocycles. The molecule has 0 radical (unpaired) electrons. The van der Waals surface area contributed by atoms with Crippen LogP contribution in [-0.4, -0.2) is 35.0 Å². The largest absolute Gasteiger partial charge is 0.479 e. The van der Waals surface area contributed by atoms with Crippen LogP contribution in [0.3, 0.4) is 0 Å². The first kappa shape index (κ1) is 17.4. The average molecular weight is 260 g/mol. The summed E-state index contributed by atoms with van der Waals surface area (Å²) in [6.45, 7) is 4.37. The van der Waals surface area contributed by atoms with Gasteiger partial charge in [-0.15, -0.1) is 0 Å². The van der Waals surface area contributed by atoms with E-state index in [0.717, 1.165) is 19.3 Å². The highest BCUT2D eigenvalue weighted by Crippen LogP contribution is 2.10. The molecule has 0 fully saturated rings. The van der Waals surface area contributed by atoms with E-state index in [1.807, 2.05) is 0 Å². The molecule has 0 aliphatic rings. The van der Waals surface area contributed by atoms with Crippen LogP contribution in [-0.2, 0) is 9.53 Å². The minimum atomic E-state index is -0.905. The Morgan fingerprint density at radius 1 is 1.11 bits per heavy atom. The minimum Gasteiger partial charge on any atom is -0.479 e. The molecule has 4 nitrogen and oxygen atoms in total. The molecular formula is C14H28O4. The van der Waals surface area contributed by atoms with Gasteiger partial charge < -0.3 is 14.9 Å². The fourth-order valence-electron chi connectivity index (χ4n) is 1.86. The van der Waals surface area contributed by atoms with Gasteiger partial charge in [0.25, 0.3) is 0 Å². The van der Waals surface area contributed by atoms with Crippen LogP contribution in [0.1, 0.15) is 65.2 Å². The molecule has 2 atom stereocenters. The van der Waals surface area contributed by atoms with Gasteiger partial charge in [0.15, 0.2) is 6.10 Å². The third kappa shape index (κ3) is 9.42. The van der Waals surface area contributed by atoms with Gasteiger partial charge >= 0.3 is 5.97 Å². The normalized spacial score (nSPS) is 14.4. The molecule has 108 valence electrons. The lowest BCUT2D eigenvalue weighted by Crippen LogP contribution is -2.23. The Hall–Kier alpha value is -0.610. The Morgan fingerprint density at radius 3 is 2.33 bits per heavy atom. The first-order valence-electron chi connectivity index (χ1n) is 7.14. The molecule has 2 unspecified atom stereocenters. The van der Waals surface area contributed by atoms with Crippen LogP contribution in [0.15, 0.2) is 0 Å². The zero-order chi connectivity index (χ0) is 13.8. The number of unbranched alkanes of at least 4 members (excludes halogenated alkanes) is 3. The molecule has 0 aromatic rings. The molecule has 0 saturated heterocycles. The smallest absolute Gasteiger partial charge is 0.332 e. The molecule has 0 aromatic heterocycles. The van der Waals surface area contributed by atoms with Crippen LogP contribution in [0.5, 0.6) is 0 Å². The van der Waals surface area contributed by atoms with E-state index in [9.17, 15) is 9.90 Å². The van der Waals surface area contributed by atoms with Crippen LogP contribution in [0.4, 0.5) is 0 Å². The maximum atomic E-state index is 10.7. The molecule has 0 heterocycles. The van der Waals surface area contributed by atoms with Crippen molar-refractivity contribution < 1.29 is 19.7 Å². The number of carbonyl (C=O) groups is 1. The van der Waals surface area contributed by atoms with Crippen LogP contribution in [0.2, 0.25) is 0 Å². The van der Waals surface area contributed by atoms with Gasteiger partial charge in [0.1, 0.15) is 0 Å². The van der Waals surface area contributed by atoms with Crippen LogP contribution in [0.25, 0.3) is 0 Å². The predicted molar refractivity (Wildman–Crippen MR) is 71.7 cm³/mol. The quantitative estimate of drug-likeness (QED) is 0.529. The van der Waals surface area contributed by atoms with Crippen molar-refractivity contribution in [2.75, 3.05) is 6.61 Å². The fraction of sp³-hybridized carbons (Fsp3) is 0.929. The van der Waals surface area contributed by atoms with Gasteiger partial charge in [-0.3, -0.25) is 0 Å². The third-order valence-electron chi connectivity index (χ3n) is 3.04. The van der Waals surface area contributed by atoms with Gasteiger partial charge in [-0.05, 0) is 25.7 Å². The second-order valence-corrected chi connectivity index (χ2v) is 4.75. The first-order chi connectivity index (χ1) is 8.61. The van der Waals surface area contributed by atoms with Crippen molar-refractivity contribution in [2.24, 2.45) is 0 Å². The highest BCUT2D eigenvalue weighted by Gasteiger charge is 2.14. The van der Waals surface area contributed by atoms with E-state index >= 15 is 0 Å². The molecule has 0 aliphatic heterocycles. The second kappa shape index (κ2) is 11.5. The lowest BCUT2D eigenvalue weighted by Gasteiger charge is -2.13. The Labute approximate surface area is 110 Å². The number of ether oxygens (including phenoxy) is 1. The minimum absolute atomic E-state index is 0.268. The van der Waals surface area contributed by atoms with E-state index < -0.39 is 12.1 Å². The van der Waals surface area contributed by atoms with E-state index in [1.54, 1.807) is 6.92 Å². The maximum absolute atomic E-state index is 10.7. The number of hydrogen-bond donors (Lipinski definition) is 2. The molecule has 0 spiro atoms. The highest BCUT2D eigenvalue weighted by atomic mass is 16.5. The van der Waals surface area contributed by atoms with E-state index in [1.165, 1.54) is 19.3 Å². The van der Waals surface area contributed by atoms with Gasteiger partial charge in [0, 0.05) is 6.61 Å². The number of carboxylic acid groups (broad SMARTS) is 1. The Morgan fingerprint density at radius 2 is 1.78 bits per heavy atom. The van der Waals surface area contributed by atoms with E-state index in [2.05, 4.69) is 6.92 Å². The van der Waals surface area contributed by atoms with E-state index in [0.29, 0.717) is 19.4 Å². The summed E-state index contributed by atoms with van der Waals surface area (Å²) in [7, 11) is 0. The number of aliphatic carboxylic acids is 1. The predicted octanol–water partition coefficient (Wildman–Crippen LogP) is 2.98. The average Bonchev–Trinajstić information content (AvgIpc) is 2.34.